The van der Waals surface area contributed by atoms with E-state index in [9.17, 15) is 0 Å². The van der Waals surface area contributed by atoms with Crippen molar-refractivity contribution in [3.8, 4) is 0 Å². The minimum atomic E-state index is -0.856. The second kappa shape index (κ2) is 4.96. The molecule has 0 radical (unpaired) electrons. The van der Waals surface area contributed by atoms with E-state index in [1.807, 2.05) is 0 Å². The second-order valence-electron chi connectivity index (χ2n) is 8.67. The monoisotopic (exact) mass is 286 g/mol. The first kappa shape index (κ1) is 17.9. The highest BCUT2D eigenvalue weighted by atomic mass is 17.0. The Morgan fingerprint density at radius 2 is 1.35 bits per heavy atom. The van der Waals surface area contributed by atoms with E-state index in [0.29, 0.717) is 6.61 Å². The summed E-state index contributed by atoms with van der Waals surface area (Å²) in [5.74, 6) is -0.856. The maximum Gasteiger partial charge on any atom is 0.309 e. The third kappa shape index (κ3) is 3.55. The summed E-state index contributed by atoms with van der Waals surface area (Å²) in [7, 11) is 0. The molecule has 1 fully saturated rings. The van der Waals surface area contributed by atoms with Crippen LogP contribution >= 0.6 is 0 Å². The molecular formula is C17H34O3. The van der Waals surface area contributed by atoms with Crippen molar-refractivity contribution in [2.24, 2.45) is 10.8 Å². The van der Waals surface area contributed by atoms with E-state index < -0.39 is 5.97 Å². The quantitative estimate of drug-likeness (QED) is 0.522. The van der Waals surface area contributed by atoms with Crippen molar-refractivity contribution >= 4 is 0 Å². The Bertz CT molecular complexity index is 344. The summed E-state index contributed by atoms with van der Waals surface area (Å²) >= 11 is 0. The lowest BCUT2D eigenvalue weighted by molar-refractivity contribution is -0.330. The molecule has 0 spiro atoms. The molecule has 1 atom stereocenters. The molecule has 0 aromatic carbocycles. The largest absolute Gasteiger partial charge is 0.320 e. The predicted molar refractivity (Wildman–Crippen MR) is 82.5 cm³/mol. The van der Waals surface area contributed by atoms with Crippen LogP contribution in [0.3, 0.4) is 0 Å². The molecule has 1 aliphatic heterocycles. The smallest absolute Gasteiger partial charge is 0.309 e. The Balaban J connectivity index is 2.87. The van der Waals surface area contributed by atoms with Crippen LogP contribution in [0.2, 0.25) is 0 Å². The predicted octanol–water partition coefficient (Wildman–Crippen LogP) is 4.74. The highest BCUT2D eigenvalue weighted by molar-refractivity contribution is 4.97. The number of hydrogen-bond acceptors (Lipinski definition) is 3. The second-order valence-corrected chi connectivity index (χ2v) is 8.67. The van der Waals surface area contributed by atoms with Gasteiger partial charge in [-0.2, -0.15) is 0 Å². The summed E-state index contributed by atoms with van der Waals surface area (Å²) in [6.45, 7) is 22.2. The molecule has 0 aliphatic carbocycles. The van der Waals surface area contributed by atoms with Crippen LogP contribution in [-0.4, -0.2) is 23.8 Å². The van der Waals surface area contributed by atoms with E-state index in [0.717, 1.165) is 6.42 Å². The first-order chi connectivity index (χ1) is 8.68. The first-order valence-corrected chi connectivity index (χ1v) is 7.72. The molecular weight excluding hydrogens is 252 g/mol. The maximum atomic E-state index is 6.32. The van der Waals surface area contributed by atoms with Gasteiger partial charge in [0.2, 0.25) is 0 Å². The summed E-state index contributed by atoms with van der Waals surface area (Å²) < 4.78 is 17.9. The third-order valence-electron chi connectivity index (χ3n) is 5.45. The molecule has 1 saturated heterocycles. The van der Waals surface area contributed by atoms with E-state index in [4.69, 9.17) is 14.2 Å². The van der Waals surface area contributed by atoms with Gasteiger partial charge in [0.1, 0.15) is 6.61 Å². The molecule has 3 heteroatoms. The van der Waals surface area contributed by atoms with E-state index in [1.165, 1.54) is 0 Å². The van der Waals surface area contributed by atoms with Gasteiger partial charge in [0.15, 0.2) is 0 Å². The van der Waals surface area contributed by atoms with Gasteiger partial charge in [-0.3, -0.25) is 0 Å². The van der Waals surface area contributed by atoms with Gasteiger partial charge in [0.25, 0.3) is 0 Å². The Morgan fingerprint density at radius 3 is 1.65 bits per heavy atom. The average Bonchev–Trinajstić information content (AvgIpc) is 2.93. The van der Waals surface area contributed by atoms with Crippen LogP contribution < -0.4 is 0 Å². The SMILES string of the molecule is CCC(C)(C)OC1(OC(C)(C)C(C)(C)C(C)(C)C)CO1. The van der Waals surface area contributed by atoms with E-state index in [1.54, 1.807) is 0 Å². The van der Waals surface area contributed by atoms with E-state index in [2.05, 4.69) is 69.2 Å². The molecule has 0 N–H and O–H groups in total. The Labute approximate surface area is 125 Å². The molecule has 1 rings (SSSR count). The Hall–Kier alpha value is -0.120. The van der Waals surface area contributed by atoms with Crippen LogP contribution in [0, 0.1) is 10.8 Å². The molecule has 0 aromatic rings. The van der Waals surface area contributed by atoms with Gasteiger partial charge in [-0.25, -0.2) is 0 Å². The minimum Gasteiger partial charge on any atom is -0.320 e. The Kier molecular flexibility index (Phi) is 4.45. The van der Waals surface area contributed by atoms with Crippen molar-refractivity contribution in [2.45, 2.75) is 92.8 Å². The number of hydrogen-bond donors (Lipinski definition) is 0. The lowest BCUT2D eigenvalue weighted by Gasteiger charge is -2.51. The van der Waals surface area contributed by atoms with Gasteiger partial charge >= 0.3 is 5.97 Å². The van der Waals surface area contributed by atoms with Gasteiger partial charge in [-0.15, -0.1) is 0 Å². The third-order valence-corrected chi connectivity index (χ3v) is 5.45. The molecule has 20 heavy (non-hydrogen) atoms. The van der Waals surface area contributed by atoms with Crippen LogP contribution in [0.25, 0.3) is 0 Å². The van der Waals surface area contributed by atoms with Crippen molar-refractivity contribution in [2.75, 3.05) is 6.61 Å². The van der Waals surface area contributed by atoms with Crippen LogP contribution in [0.1, 0.15) is 75.7 Å². The molecule has 0 aromatic heterocycles. The summed E-state index contributed by atoms with van der Waals surface area (Å²) in [6.07, 6.45) is 0.921. The normalized spacial score (nSPS) is 24.9. The fourth-order valence-corrected chi connectivity index (χ4v) is 2.11. The standard InChI is InChI=1S/C17H34O3/c1-11-14(5,6)19-17(12-18-17)20-16(9,10)15(7,8)13(2,3)4/h11-12H2,1-10H3. The zero-order chi connectivity index (χ0) is 16.0. The number of epoxide rings is 1. The lowest BCUT2D eigenvalue weighted by Crippen LogP contribution is -2.53. The van der Waals surface area contributed by atoms with Crippen molar-refractivity contribution < 1.29 is 14.2 Å². The summed E-state index contributed by atoms with van der Waals surface area (Å²) in [5.41, 5.74) is -0.504. The molecule has 1 heterocycles. The van der Waals surface area contributed by atoms with E-state index in [-0.39, 0.29) is 22.0 Å². The summed E-state index contributed by atoms with van der Waals surface area (Å²) in [6, 6.07) is 0. The van der Waals surface area contributed by atoms with Gasteiger partial charge < -0.3 is 14.2 Å². The highest BCUT2D eigenvalue weighted by Gasteiger charge is 2.58. The molecule has 120 valence electrons. The highest BCUT2D eigenvalue weighted by Crippen LogP contribution is 2.51. The van der Waals surface area contributed by atoms with E-state index >= 15 is 0 Å². The maximum absolute atomic E-state index is 6.32. The van der Waals surface area contributed by atoms with Crippen LogP contribution in [0.5, 0.6) is 0 Å². The summed E-state index contributed by atoms with van der Waals surface area (Å²) in [4.78, 5) is 0. The van der Waals surface area contributed by atoms with Gasteiger partial charge in [-0.1, -0.05) is 41.5 Å². The van der Waals surface area contributed by atoms with Gasteiger partial charge in [0.05, 0.1) is 11.2 Å². The molecule has 0 bridgehead atoms. The average molecular weight is 286 g/mol. The zero-order valence-electron chi connectivity index (χ0n) is 15.1. The first-order valence-electron chi connectivity index (χ1n) is 7.72. The lowest BCUT2D eigenvalue weighted by atomic mass is 9.61. The van der Waals surface area contributed by atoms with Crippen LogP contribution in [-0.2, 0) is 14.2 Å². The number of rotatable bonds is 6. The van der Waals surface area contributed by atoms with Crippen LogP contribution in [0.15, 0.2) is 0 Å². The Morgan fingerprint density at radius 1 is 0.900 bits per heavy atom. The van der Waals surface area contributed by atoms with Gasteiger partial charge in [-0.05, 0) is 44.9 Å². The summed E-state index contributed by atoms with van der Waals surface area (Å²) in [5, 5.41) is 0. The number of ether oxygens (including phenoxy) is 3. The van der Waals surface area contributed by atoms with Crippen molar-refractivity contribution in [3.63, 3.8) is 0 Å². The molecule has 1 aliphatic rings. The zero-order valence-corrected chi connectivity index (χ0v) is 15.1. The molecule has 0 amide bonds. The van der Waals surface area contributed by atoms with Crippen molar-refractivity contribution in [1.82, 2.24) is 0 Å². The van der Waals surface area contributed by atoms with Gasteiger partial charge in [0, 0.05) is 0 Å². The topological polar surface area (TPSA) is 31.0 Å². The fourth-order valence-electron chi connectivity index (χ4n) is 2.11. The minimum absolute atomic E-state index is 0.0291. The van der Waals surface area contributed by atoms with Crippen LogP contribution in [0.4, 0.5) is 0 Å². The van der Waals surface area contributed by atoms with Crippen molar-refractivity contribution in [1.29, 1.82) is 0 Å². The molecule has 1 unspecified atom stereocenters. The fraction of sp³-hybridized carbons (Fsp3) is 1.00. The molecule has 3 nitrogen and oxygen atoms in total. The molecule has 0 saturated carbocycles. The van der Waals surface area contributed by atoms with Crippen molar-refractivity contribution in [3.05, 3.63) is 0 Å².